The summed E-state index contributed by atoms with van der Waals surface area (Å²) in [6.07, 6.45) is 4.48. The fourth-order valence-corrected chi connectivity index (χ4v) is 4.01. The van der Waals surface area contributed by atoms with Crippen molar-refractivity contribution in [2.75, 3.05) is 29.9 Å². The number of rotatable bonds is 9. The third-order valence-electron chi connectivity index (χ3n) is 5.35. The van der Waals surface area contributed by atoms with Crippen molar-refractivity contribution in [1.82, 2.24) is 9.97 Å². The van der Waals surface area contributed by atoms with Crippen molar-refractivity contribution in [3.63, 3.8) is 0 Å². The second kappa shape index (κ2) is 10.4. The molecule has 2 N–H and O–H groups in total. The maximum Gasteiger partial charge on any atom is 0.316 e. The van der Waals surface area contributed by atoms with Gasteiger partial charge in [-0.25, -0.2) is 9.97 Å². The first kappa shape index (κ1) is 22.8. The van der Waals surface area contributed by atoms with E-state index in [-0.39, 0.29) is 24.5 Å². The van der Waals surface area contributed by atoms with Gasteiger partial charge in [-0.2, -0.15) is 0 Å². The maximum absolute atomic E-state index is 11.3. The number of nitrogens with zero attached hydrogens (tertiary/aromatic N) is 3. The van der Waals surface area contributed by atoms with E-state index < -0.39 is 5.97 Å². The van der Waals surface area contributed by atoms with Gasteiger partial charge in [0, 0.05) is 13.1 Å². The van der Waals surface area contributed by atoms with Gasteiger partial charge in [0.25, 0.3) is 0 Å². The lowest BCUT2D eigenvalue weighted by Gasteiger charge is -2.38. The van der Waals surface area contributed by atoms with Crippen molar-refractivity contribution in [1.29, 1.82) is 0 Å². The summed E-state index contributed by atoms with van der Waals surface area (Å²) in [5.74, 6) is -0.840. The molecule has 1 fully saturated rings. The first-order valence-corrected chi connectivity index (χ1v) is 10.9. The molecule has 1 saturated heterocycles. The molecule has 2 aromatic rings. The fraction of sp³-hybridized carbons (Fsp3) is 0.522. The minimum Gasteiger partial charge on any atom is -0.481 e. The number of carboxylic acid groups (broad SMARTS) is 1. The molecule has 1 aliphatic rings. The lowest BCUT2D eigenvalue weighted by molar-refractivity contribution is -0.137. The Morgan fingerprint density at radius 1 is 1.26 bits per heavy atom. The van der Waals surface area contributed by atoms with E-state index in [1.165, 1.54) is 0 Å². The molecule has 2 heterocycles. The van der Waals surface area contributed by atoms with Crippen LogP contribution in [0.1, 0.15) is 52.0 Å². The van der Waals surface area contributed by atoms with E-state index >= 15 is 0 Å². The summed E-state index contributed by atoms with van der Waals surface area (Å²) >= 11 is 0. The molecule has 0 amide bonds. The molecule has 0 aliphatic carbocycles. The minimum atomic E-state index is -0.791. The van der Waals surface area contributed by atoms with E-state index in [9.17, 15) is 9.90 Å². The first-order valence-electron chi connectivity index (χ1n) is 10.9. The van der Waals surface area contributed by atoms with Gasteiger partial charge in [-0.05, 0) is 50.8 Å². The standard InChI is InChI=1S/C23H32N4O4/c1-5-17(10-22(28)29)18-7-8-21(27-13-15(3)31-16(4)14-27)20(9-18)26-19-11-24-23(25-12-19)30-6-2/h7-9,11-12,15-17,26H,5-6,10,13-14H2,1-4H3,(H,28,29)/t15-,16+,17?. The number of aromatic nitrogens is 2. The van der Waals surface area contributed by atoms with Crippen LogP contribution in [-0.4, -0.2) is 52.9 Å². The highest BCUT2D eigenvalue weighted by molar-refractivity contribution is 5.76. The number of anilines is 3. The van der Waals surface area contributed by atoms with Gasteiger partial charge in [-0.15, -0.1) is 0 Å². The molecule has 1 aliphatic heterocycles. The Hall–Kier alpha value is -2.87. The van der Waals surface area contributed by atoms with Crippen LogP contribution in [0.4, 0.5) is 17.1 Å². The van der Waals surface area contributed by atoms with E-state index in [0.29, 0.717) is 12.6 Å². The lowest BCUT2D eigenvalue weighted by atomic mass is 9.92. The van der Waals surface area contributed by atoms with Crippen molar-refractivity contribution in [2.24, 2.45) is 0 Å². The molecular weight excluding hydrogens is 396 g/mol. The maximum atomic E-state index is 11.3. The number of morpholine rings is 1. The molecule has 3 rings (SSSR count). The molecule has 0 bridgehead atoms. The van der Waals surface area contributed by atoms with Gasteiger partial charge in [0.1, 0.15) is 0 Å². The molecule has 31 heavy (non-hydrogen) atoms. The van der Waals surface area contributed by atoms with Crippen molar-refractivity contribution in [3.05, 3.63) is 36.2 Å². The minimum absolute atomic E-state index is 0.0498. The van der Waals surface area contributed by atoms with Gasteiger partial charge in [-0.1, -0.05) is 13.0 Å². The largest absolute Gasteiger partial charge is 0.481 e. The van der Waals surface area contributed by atoms with Crippen LogP contribution in [0.5, 0.6) is 6.01 Å². The highest BCUT2D eigenvalue weighted by atomic mass is 16.5. The Kier molecular flexibility index (Phi) is 7.68. The molecule has 0 saturated carbocycles. The summed E-state index contributed by atoms with van der Waals surface area (Å²) in [5.41, 5.74) is 3.68. The molecule has 0 spiro atoms. The van der Waals surface area contributed by atoms with Crippen LogP contribution in [0, 0.1) is 0 Å². The number of carboxylic acids is 1. The number of carbonyl (C=O) groups is 1. The zero-order valence-corrected chi connectivity index (χ0v) is 18.7. The lowest BCUT2D eigenvalue weighted by Crippen LogP contribution is -2.45. The predicted molar refractivity (Wildman–Crippen MR) is 120 cm³/mol. The van der Waals surface area contributed by atoms with E-state index in [1.54, 1.807) is 12.4 Å². The topological polar surface area (TPSA) is 96.8 Å². The van der Waals surface area contributed by atoms with E-state index in [2.05, 4.69) is 40.1 Å². The van der Waals surface area contributed by atoms with Crippen LogP contribution in [-0.2, 0) is 9.53 Å². The molecule has 168 valence electrons. The number of nitrogens with one attached hydrogen (secondary N) is 1. The van der Waals surface area contributed by atoms with Gasteiger partial charge in [0.15, 0.2) is 0 Å². The number of hydrogen-bond donors (Lipinski definition) is 2. The molecule has 0 radical (unpaired) electrons. The fourth-order valence-electron chi connectivity index (χ4n) is 4.01. The summed E-state index contributed by atoms with van der Waals surface area (Å²) in [6.45, 7) is 10.1. The summed E-state index contributed by atoms with van der Waals surface area (Å²) in [7, 11) is 0. The Balaban J connectivity index is 1.94. The predicted octanol–water partition coefficient (Wildman–Crippen LogP) is 4.20. The second-order valence-corrected chi connectivity index (χ2v) is 7.95. The number of benzene rings is 1. The van der Waals surface area contributed by atoms with Gasteiger partial charge in [-0.3, -0.25) is 4.79 Å². The Bertz CT molecular complexity index is 864. The highest BCUT2D eigenvalue weighted by Gasteiger charge is 2.25. The highest BCUT2D eigenvalue weighted by Crippen LogP contribution is 2.35. The zero-order chi connectivity index (χ0) is 22.4. The SMILES string of the molecule is CCOc1ncc(Nc2cc(C(CC)CC(=O)O)ccc2N2C[C@@H](C)O[C@@H](C)C2)cn1. The zero-order valence-electron chi connectivity index (χ0n) is 18.7. The molecule has 1 aromatic carbocycles. The molecule has 3 atom stereocenters. The van der Waals surface area contributed by atoms with E-state index in [1.807, 2.05) is 26.0 Å². The quantitative estimate of drug-likeness (QED) is 0.613. The van der Waals surface area contributed by atoms with Crippen LogP contribution in [0.2, 0.25) is 0 Å². The monoisotopic (exact) mass is 428 g/mol. The summed E-state index contributed by atoms with van der Waals surface area (Å²) in [6, 6.07) is 6.50. The van der Waals surface area contributed by atoms with Gasteiger partial charge in [0.05, 0.1) is 54.7 Å². The third-order valence-corrected chi connectivity index (χ3v) is 5.35. The van der Waals surface area contributed by atoms with Crippen LogP contribution >= 0.6 is 0 Å². The molecular formula is C23H32N4O4. The van der Waals surface area contributed by atoms with Crippen LogP contribution < -0.4 is 15.0 Å². The summed E-state index contributed by atoms with van der Waals surface area (Å²) in [5, 5.41) is 12.7. The Morgan fingerprint density at radius 2 is 1.94 bits per heavy atom. The smallest absolute Gasteiger partial charge is 0.316 e. The van der Waals surface area contributed by atoms with Crippen molar-refractivity contribution >= 4 is 23.0 Å². The number of hydrogen-bond acceptors (Lipinski definition) is 7. The van der Waals surface area contributed by atoms with Gasteiger partial charge >= 0.3 is 12.0 Å². The Labute approximate surface area is 183 Å². The summed E-state index contributed by atoms with van der Waals surface area (Å²) < 4.78 is 11.2. The van der Waals surface area contributed by atoms with Crippen molar-refractivity contribution in [3.8, 4) is 6.01 Å². The summed E-state index contributed by atoms with van der Waals surface area (Å²) in [4.78, 5) is 22.1. The van der Waals surface area contributed by atoms with E-state index in [4.69, 9.17) is 9.47 Å². The van der Waals surface area contributed by atoms with E-state index in [0.717, 1.165) is 42.1 Å². The normalized spacial score (nSPS) is 19.7. The van der Waals surface area contributed by atoms with Gasteiger partial charge in [0.2, 0.25) is 0 Å². The van der Waals surface area contributed by atoms with Crippen LogP contribution in [0.3, 0.4) is 0 Å². The second-order valence-electron chi connectivity index (χ2n) is 7.95. The van der Waals surface area contributed by atoms with Gasteiger partial charge < -0.3 is 24.8 Å². The molecule has 1 unspecified atom stereocenters. The van der Waals surface area contributed by atoms with Crippen molar-refractivity contribution in [2.45, 2.75) is 58.7 Å². The molecule has 1 aromatic heterocycles. The van der Waals surface area contributed by atoms with Crippen LogP contribution in [0.15, 0.2) is 30.6 Å². The average molecular weight is 429 g/mol. The van der Waals surface area contributed by atoms with Crippen molar-refractivity contribution < 1.29 is 19.4 Å². The molecule has 8 heteroatoms. The average Bonchev–Trinajstić information content (AvgIpc) is 2.73. The third kappa shape index (κ3) is 6.07. The first-order chi connectivity index (χ1) is 14.9. The molecule has 8 nitrogen and oxygen atoms in total. The Morgan fingerprint density at radius 3 is 2.52 bits per heavy atom. The van der Waals surface area contributed by atoms with Crippen LogP contribution in [0.25, 0.3) is 0 Å². The number of aliphatic carboxylic acids is 1. The number of ether oxygens (including phenoxy) is 2.